The average molecular weight is 194 g/mol. The number of hydrogen-bond acceptors (Lipinski definition) is 2. The number of carbonyl (C=O) groups is 1. The van der Waals surface area contributed by atoms with Crippen LogP contribution in [0.25, 0.3) is 0 Å². The molecule has 2 saturated carbocycles. The molecule has 0 radical (unpaired) electrons. The Morgan fingerprint density at radius 3 is 2.79 bits per heavy atom. The van der Waals surface area contributed by atoms with E-state index in [9.17, 15) is 4.79 Å². The van der Waals surface area contributed by atoms with Crippen LogP contribution < -0.4 is 10.6 Å². The van der Waals surface area contributed by atoms with Crippen molar-refractivity contribution in [2.75, 3.05) is 13.1 Å². The van der Waals surface area contributed by atoms with Crippen LogP contribution >= 0.6 is 0 Å². The Kier molecular flexibility index (Phi) is 2.01. The summed E-state index contributed by atoms with van der Waals surface area (Å²) in [4.78, 5) is 11.8. The first-order chi connectivity index (χ1) is 6.84. The molecule has 3 fully saturated rings. The van der Waals surface area contributed by atoms with Crippen molar-refractivity contribution in [1.29, 1.82) is 0 Å². The summed E-state index contributed by atoms with van der Waals surface area (Å²) in [6, 6.07) is 0.406. The number of nitrogens with one attached hydrogen (secondary N) is 2. The van der Waals surface area contributed by atoms with Crippen LogP contribution in [0.5, 0.6) is 0 Å². The van der Waals surface area contributed by atoms with E-state index in [1.165, 1.54) is 12.8 Å². The molecule has 2 aliphatic carbocycles. The van der Waals surface area contributed by atoms with E-state index in [2.05, 4.69) is 10.6 Å². The van der Waals surface area contributed by atoms with E-state index < -0.39 is 0 Å². The molecule has 78 valence electrons. The quantitative estimate of drug-likeness (QED) is 0.687. The molecule has 1 amide bonds. The molecule has 0 bridgehead atoms. The van der Waals surface area contributed by atoms with E-state index in [1.807, 2.05) is 0 Å². The Bertz CT molecular complexity index is 244. The average Bonchev–Trinajstić information content (AvgIpc) is 3.05. The predicted molar refractivity (Wildman–Crippen MR) is 53.7 cm³/mol. The second kappa shape index (κ2) is 3.23. The van der Waals surface area contributed by atoms with Gasteiger partial charge in [0, 0.05) is 18.5 Å². The summed E-state index contributed by atoms with van der Waals surface area (Å²) in [7, 11) is 0. The molecule has 1 heterocycles. The van der Waals surface area contributed by atoms with Gasteiger partial charge in [-0.2, -0.15) is 0 Å². The van der Waals surface area contributed by atoms with Crippen LogP contribution in [0, 0.1) is 17.8 Å². The maximum Gasteiger partial charge on any atom is 0.223 e. The smallest absolute Gasteiger partial charge is 0.223 e. The van der Waals surface area contributed by atoms with E-state index >= 15 is 0 Å². The molecule has 0 spiro atoms. The molecule has 14 heavy (non-hydrogen) atoms. The molecule has 1 saturated heterocycles. The fraction of sp³-hybridized carbons (Fsp3) is 0.909. The van der Waals surface area contributed by atoms with Gasteiger partial charge in [0.15, 0.2) is 0 Å². The van der Waals surface area contributed by atoms with Gasteiger partial charge in [-0.15, -0.1) is 0 Å². The van der Waals surface area contributed by atoms with Crippen LogP contribution in [0.2, 0.25) is 0 Å². The summed E-state index contributed by atoms with van der Waals surface area (Å²) >= 11 is 0. The highest BCUT2D eigenvalue weighted by molar-refractivity contribution is 5.82. The predicted octanol–water partition coefficient (Wildman–Crippen LogP) is 0.511. The van der Waals surface area contributed by atoms with E-state index in [-0.39, 0.29) is 0 Å². The van der Waals surface area contributed by atoms with Crippen LogP contribution in [0.15, 0.2) is 0 Å². The minimum absolute atomic E-state index is 0.329. The maximum absolute atomic E-state index is 11.8. The minimum atomic E-state index is 0.329. The molecular weight excluding hydrogens is 176 g/mol. The monoisotopic (exact) mass is 194 g/mol. The fourth-order valence-electron chi connectivity index (χ4n) is 2.65. The van der Waals surface area contributed by atoms with Crippen molar-refractivity contribution in [2.45, 2.75) is 31.7 Å². The van der Waals surface area contributed by atoms with Gasteiger partial charge < -0.3 is 10.6 Å². The molecule has 0 aromatic heterocycles. The van der Waals surface area contributed by atoms with Gasteiger partial charge in [0.25, 0.3) is 0 Å². The lowest BCUT2D eigenvalue weighted by atomic mass is 10.2. The van der Waals surface area contributed by atoms with Crippen LogP contribution in [0.3, 0.4) is 0 Å². The fourth-order valence-corrected chi connectivity index (χ4v) is 2.65. The molecular formula is C11H18N2O. The SMILES string of the molecule is O=C(NC1CCNC1)C1CC1C1CC1. The summed E-state index contributed by atoms with van der Waals surface area (Å²) in [5.41, 5.74) is 0. The van der Waals surface area contributed by atoms with Crippen molar-refractivity contribution in [2.24, 2.45) is 17.8 Å². The van der Waals surface area contributed by atoms with Crippen molar-refractivity contribution in [3.05, 3.63) is 0 Å². The number of hydrogen-bond donors (Lipinski definition) is 2. The van der Waals surface area contributed by atoms with Gasteiger partial charge in [0.1, 0.15) is 0 Å². The van der Waals surface area contributed by atoms with E-state index in [1.54, 1.807) is 0 Å². The third-order valence-corrected chi connectivity index (χ3v) is 3.81. The van der Waals surface area contributed by atoms with Crippen molar-refractivity contribution < 1.29 is 4.79 Å². The molecule has 1 aliphatic heterocycles. The Balaban J connectivity index is 1.46. The Hall–Kier alpha value is -0.570. The topological polar surface area (TPSA) is 41.1 Å². The van der Waals surface area contributed by atoms with Crippen LogP contribution in [-0.2, 0) is 4.79 Å². The van der Waals surface area contributed by atoms with Crippen molar-refractivity contribution in [3.63, 3.8) is 0 Å². The van der Waals surface area contributed by atoms with Gasteiger partial charge in [-0.3, -0.25) is 4.79 Å². The molecule has 0 aromatic carbocycles. The van der Waals surface area contributed by atoms with Crippen LogP contribution in [-0.4, -0.2) is 25.0 Å². The molecule has 3 heteroatoms. The first kappa shape index (κ1) is 8.72. The second-order valence-electron chi connectivity index (χ2n) is 5.04. The molecule has 0 aromatic rings. The highest BCUT2D eigenvalue weighted by atomic mass is 16.2. The molecule has 3 aliphatic rings. The van der Waals surface area contributed by atoms with Crippen molar-refractivity contribution in [3.8, 4) is 0 Å². The van der Waals surface area contributed by atoms with Crippen molar-refractivity contribution in [1.82, 2.24) is 10.6 Å². The number of amides is 1. The Labute approximate surface area is 84.6 Å². The Morgan fingerprint density at radius 1 is 1.29 bits per heavy atom. The normalized spacial score (nSPS) is 41.0. The zero-order valence-electron chi connectivity index (χ0n) is 8.46. The van der Waals surface area contributed by atoms with Gasteiger partial charge in [-0.05, 0) is 44.1 Å². The standard InChI is InChI=1S/C11H18N2O/c14-11(13-8-3-4-12-6-8)10-5-9(10)7-1-2-7/h7-10,12H,1-6H2,(H,13,14). The first-order valence-corrected chi connectivity index (χ1v) is 5.85. The molecule has 3 atom stereocenters. The van der Waals surface area contributed by atoms with Gasteiger partial charge in [0.2, 0.25) is 5.91 Å². The summed E-state index contributed by atoms with van der Waals surface area (Å²) in [5, 5.41) is 6.42. The van der Waals surface area contributed by atoms with Crippen LogP contribution in [0.1, 0.15) is 25.7 Å². The van der Waals surface area contributed by atoms with Crippen LogP contribution in [0.4, 0.5) is 0 Å². The zero-order chi connectivity index (χ0) is 9.54. The molecule has 3 nitrogen and oxygen atoms in total. The number of rotatable bonds is 3. The highest BCUT2D eigenvalue weighted by Gasteiger charge is 2.51. The zero-order valence-corrected chi connectivity index (χ0v) is 8.46. The summed E-state index contributed by atoms with van der Waals surface area (Å²) in [6.45, 7) is 2.02. The lowest BCUT2D eigenvalue weighted by Crippen LogP contribution is -2.37. The highest BCUT2D eigenvalue weighted by Crippen LogP contribution is 2.54. The van der Waals surface area contributed by atoms with Gasteiger partial charge in [-0.1, -0.05) is 0 Å². The molecule has 3 rings (SSSR count). The van der Waals surface area contributed by atoms with Crippen molar-refractivity contribution >= 4 is 5.91 Å². The van der Waals surface area contributed by atoms with Gasteiger partial charge in [-0.25, -0.2) is 0 Å². The van der Waals surface area contributed by atoms with Gasteiger partial charge >= 0.3 is 0 Å². The maximum atomic E-state index is 11.8. The summed E-state index contributed by atoms with van der Waals surface area (Å²) in [5.74, 6) is 2.37. The van der Waals surface area contributed by atoms with Gasteiger partial charge in [0.05, 0.1) is 0 Å². The first-order valence-electron chi connectivity index (χ1n) is 5.85. The third kappa shape index (κ3) is 1.65. The second-order valence-corrected chi connectivity index (χ2v) is 5.04. The van der Waals surface area contributed by atoms with E-state index in [4.69, 9.17) is 0 Å². The Morgan fingerprint density at radius 2 is 2.14 bits per heavy atom. The summed E-state index contributed by atoms with van der Waals surface area (Å²) in [6.07, 6.45) is 5.02. The van der Waals surface area contributed by atoms with E-state index in [0.717, 1.165) is 37.8 Å². The largest absolute Gasteiger partial charge is 0.352 e. The minimum Gasteiger partial charge on any atom is -0.352 e. The molecule has 3 unspecified atom stereocenters. The number of carbonyl (C=O) groups excluding carboxylic acids is 1. The lowest BCUT2D eigenvalue weighted by Gasteiger charge is -2.10. The lowest BCUT2D eigenvalue weighted by molar-refractivity contribution is -0.123. The third-order valence-electron chi connectivity index (χ3n) is 3.81. The summed E-state index contributed by atoms with van der Waals surface area (Å²) < 4.78 is 0. The molecule has 2 N–H and O–H groups in total. The van der Waals surface area contributed by atoms with E-state index in [0.29, 0.717) is 17.9 Å².